The largest absolute Gasteiger partial charge is 0.496 e. The van der Waals surface area contributed by atoms with Gasteiger partial charge in [0.2, 0.25) is 0 Å². The summed E-state index contributed by atoms with van der Waals surface area (Å²) in [6.07, 6.45) is 0.449. The van der Waals surface area contributed by atoms with Crippen LogP contribution in [0.3, 0.4) is 0 Å². The Kier molecular flexibility index (Phi) is 6.24. The highest BCUT2D eigenvalue weighted by molar-refractivity contribution is 6.30. The van der Waals surface area contributed by atoms with E-state index in [0.29, 0.717) is 28.7 Å². The van der Waals surface area contributed by atoms with Crippen molar-refractivity contribution in [2.75, 3.05) is 7.11 Å². The molecule has 4 nitrogen and oxygen atoms in total. The average molecular weight is 416 g/mol. The number of rotatable bonds is 6. The van der Waals surface area contributed by atoms with Crippen LogP contribution < -0.4 is 10.1 Å². The van der Waals surface area contributed by atoms with Crippen LogP contribution in [0.1, 0.15) is 26.3 Å². The Labute approximate surface area is 171 Å². The zero-order valence-corrected chi connectivity index (χ0v) is 16.1. The van der Waals surface area contributed by atoms with Gasteiger partial charge in [0.25, 0.3) is 5.91 Å². The smallest absolute Gasteiger partial charge is 0.254 e. The quantitative estimate of drug-likeness (QED) is 0.574. The molecule has 0 saturated heterocycles. The Morgan fingerprint density at radius 1 is 1.03 bits per heavy atom. The number of carbonyl (C=O) groups is 2. The number of benzene rings is 3. The van der Waals surface area contributed by atoms with Gasteiger partial charge in [-0.25, -0.2) is 8.78 Å². The Morgan fingerprint density at radius 3 is 2.45 bits per heavy atom. The Bertz CT molecular complexity index is 1090. The van der Waals surface area contributed by atoms with Crippen LogP contribution in [0.25, 0.3) is 11.1 Å². The summed E-state index contributed by atoms with van der Waals surface area (Å²) in [4.78, 5) is 23.3. The molecule has 0 spiro atoms. The molecule has 3 aromatic carbocycles. The molecule has 3 aromatic rings. The van der Waals surface area contributed by atoms with Crippen LogP contribution in [0.2, 0.25) is 5.02 Å². The van der Waals surface area contributed by atoms with E-state index in [0.717, 1.165) is 6.07 Å². The first-order chi connectivity index (χ1) is 13.9. The number of hydrogen-bond acceptors (Lipinski definition) is 3. The van der Waals surface area contributed by atoms with Gasteiger partial charge in [0.1, 0.15) is 17.4 Å². The molecule has 0 bridgehead atoms. The maximum atomic E-state index is 13.9. The molecule has 0 heterocycles. The topological polar surface area (TPSA) is 55.4 Å². The highest BCUT2D eigenvalue weighted by atomic mass is 35.5. The lowest BCUT2D eigenvalue weighted by atomic mass is 10.0. The van der Waals surface area contributed by atoms with Crippen molar-refractivity contribution in [1.82, 2.24) is 5.32 Å². The minimum atomic E-state index is -0.719. The number of nitrogens with one attached hydrogen (secondary N) is 1. The fourth-order valence-electron chi connectivity index (χ4n) is 2.85. The van der Waals surface area contributed by atoms with Gasteiger partial charge in [-0.1, -0.05) is 23.7 Å². The van der Waals surface area contributed by atoms with Crippen LogP contribution in [0.15, 0.2) is 54.6 Å². The molecule has 1 N–H and O–H groups in total. The molecule has 0 unspecified atom stereocenters. The van der Waals surface area contributed by atoms with Gasteiger partial charge in [-0.3, -0.25) is 9.59 Å². The first kappa shape index (κ1) is 20.5. The van der Waals surface area contributed by atoms with Crippen LogP contribution in [0, 0.1) is 11.6 Å². The SMILES string of the molecule is COc1ccc(-c2ccc(F)c(C=O)c2)cc1CNC(=O)c1ccc(Cl)cc1F. The van der Waals surface area contributed by atoms with Crippen LogP contribution in [0.5, 0.6) is 5.75 Å². The predicted molar refractivity (Wildman–Crippen MR) is 106 cm³/mol. The van der Waals surface area contributed by atoms with Gasteiger partial charge in [0.15, 0.2) is 6.29 Å². The van der Waals surface area contributed by atoms with E-state index >= 15 is 0 Å². The maximum Gasteiger partial charge on any atom is 0.254 e. The maximum absolute atomic E-state index is 13.9. The van der Waals surface area contributed by atoms with Crippen LogP contribution >= 0.6 is 11.6 Å². The minimum absolute atomic E-state index is 0.0496. The van der Waals surface area contributed by atoms with E-state index in [1.165, 1.54) is 31.4 Å². The second-order valence-electron chi connectivity index (χ2n) is 6.19. The molecule has 0 radical (unpaired) electrons. The number of halogens is 3. The number of hydrogen-bond donors (Lipinski definition) is 1. The second kappa shape index (κ2) is 8.84. The Hall–Kier alpha value is -3.25. The Balaban J connectivity index is 1.86. The minimum Gasteiger partial charge on any atom is -0.496 e. The van der Waals surface area contributed by atoms with Gasteiger partial charge in [-0.05, 0) is 53.6 Å². The third-order valence-corrected chi connectivity index (χ3v) is 4.59. The normalized spacial score (nSPS) is 10.5. The van der Waals surface area contributed by atoms with Gasteiger partial charge in [0, 0.05) is 17.1 Å². The lowest BCUT2D eigenvalue weighted by Crippen LogP contribution is -2.24. The number of carbonyl (C=O) groups excluding carboxylic acids is 2. The standard InChI is InChI=1S/C22H16ClF2NO3/c1-29-21-7-3-14(13-2-6-19(24)16(9-13)12-27)8-15(21)11-26-22(28)18-5-4-17(23)10-20(18)25/h2-10,12H,11H2,1H3,(H,26,28). The molecule has 0 atom stereocenters. The summed E-state index contributed by atoms with van der Waals surface area (Å²) in [7, 11) is 1.49. The molecule has 0 aromatic heterocycles. The fraction of sp³-hybridized carbons (Fsp3) is 0.0909. The van der Waals surface area contributed by atoms with Gasteiger partial charge >= 0.3 is 0 Å². The lowest BCUT2D eigenvalue weighted by Gasteiger charge is -2.13. The number of amides is 1. The van der Waals surface area contributed by atoms with Crippen molar-refractivity contribution < 1.29 is 23.1 Å². The highest BCUT2D eigenvalue weighted by Crippen LogP contribution is 2.28. The first-order valence-electron chi connectivity index (χ1n) is 8.58. The second-order valence-corrected chi connectivity index (χ2v) is 6.62. The van der Waals surface area contributed by atoms with Gasteiger partial charge in [0.05, 0.1) is 18.2 Å². The van der Waals surface area contributed by atoms with E-state index in [4.69, 9.17) is 16.3 Å². The van der Waals surface area contributed by atoms with Gasteiger partial charge < -0.3 is 10.1 Å². The fourth-order valence-corrected chi connectivity index (χ4v) is 3.01. The summed E-state index contributed by atoms with van der Waals surface area (Å²) in [5.74, 6) is -1.40. The molecular formula is C22H16ClF2NO3. The molecular weight excluding hydrogens is 400 g/mol. The van der Waals surface area contributed by atoms with Crippen molar-refractivity contribution in [1.29, 1.82) is 0 Å². The van der Waals surface area contributed by atoms with E-state index in [1.807, 2.05) is 0 Å². The van der Waals surface area contributed by atoms with E-state index < -0.39 is 17.5 Å². The molecule has 7 heteroatoms. The van der Waals surface area contributed by atoms with E-state index in [-0.39, 0.29) is 22.7 Å². The van der Waals surface area contributed by atoms with Gasteiger partial charge in [-0.15, -0.1) is 0 Å². The zero-order valence-electron chi connectivity index (χ0n) is 15.3. The van der Waals surface area contributed by atoms with Crippen LogP contribution in [0.4, 0.5) is 8.78 Å². The average Bonchev–Trinajstić information content (AvgIpc) is 2.72. The number of ether oxygens (including phenoxy) is 1. The van der Waals surface area contributed by atoms with Crippen molar-refractivity contribution in [2.45, 2.75) is 6.54 Å². The third kappa shape index (κ3) is 4.60. The van der Waals surface area contributed by atoms with Gasteiger partial charge in [-0.2, -0.15) is 0 Å². The molecule has 148 valence electrons. The van der Waals surface area contributed by atoms with E-state index in [2.05, 4.69) is 5.32 Å². The van der Waals surface area contributed by atoms with Crippen molar-refractivity contribution >= 4 is 23.8 Å². The molecule has 0 fully saturated rings. The van der Waals surface area contributed by atoms with Crippen molar-refractivity contribution in [3.63, 3.8) is 0 Å². The molecule has 29 heavy (non-hydrogen) atoms. The highest BCUT2D eigenvalue weighted by Gasteiger charge is 2.14. The first-order valence-corrected chi connectivity index (χ1v) is 8.96. The summed E-state index contributed by atoms with van der Waals surface area (Å²) < 4.78 is 32.8. The number of aldehydes is 1. The molecule has 0 aliphatic heterocycles. The summed E-state index contributed by atoms with van der Waals surface area (Å²) in [6, 6.07) is 13.2. The molecule has 3 rings (SSSR count). The van der Waals surface area contributed by atoms with Crippen LogP contribution in [-0.2, 0) is 6.54 Å². The summed E-state index contributed by atoms with van der Waals surface area (Å²) >= 11 is 5.71. The number of methoxy groups -OCH3 is 1. The van der Waals surface area contributed by atoms with Crippen LogP contribution in [-0.4, -0.2) is 19.3 Å². The summed E-state index contributed by atoms with van der Waals surface area (Å²) in [6.45, 7) is 0.0691. The summed E-state index contributed by atoms with van der Waals surface area (Å²) in [5, 5.41) is 2.84. The van der Waals surface area contributed by atoms with Crippen molar-refractivity contribution in [2.24, 2.45) is 0 Å². The zero-order chi connectivity index (χ0) is 21.0. The van der Waals surface area contributed by atoms with E-state index in [1.54, 1.807) is 24.3 Å². The summed E-state index contributed by atoms with van der Waals surface area (Å²) in [5.41, 5.74) is 1.79. The van der Waals surface area contributed by atoms with Crippen molar-refractivity contribution in [3.05, 3.63) is 87.9 Å². The molecule has 0 saturated carbocycles. The predicted octanol–water partition coefficient (Wildman–Crippen LogP) is 5.04. The molecule has 1 amide bonds. The Morgan fingerprint density at radius 2 is 1.76 bits per heavy atom. The monoisotopic (exact) mass is 415 g/mol. The molecule has 0 aliphatic rings. The van der Waals surface area contributed by atoms with Crippen molar-refractivity contribution in [3.8, 4) is 16.9 Å². The van der Waals surface area contributed by atoms with E-state index in [9.17, 15) is 18.4 Å². The lowest BCUT2D eigenvalue weighted by molar-refractivity contribution is 0.0946. The molecule has 0 aliphatic carbocycles. The third-order valence-electron chi connectivity index (χ3n) is 4.35.